The maximum atomic E-state index is 6.26. The van der Waals surface area contributed by atoms with E-state index in [0.717, 1.165) is 44.3 Å². The lowest BCUT2D eigenvalue weighted by molar-refractivity contribution is 0.620. The number of rotatable bonds is 2. The summed E-state index contributed by atoms with van der Waals surface area (Å²) in [5, 5.41) is 4.54. The van der Waals surface area contributed by atoms with Crippen molar-refractivity contribution in [2.24, 2.45) is 0 Å². The minimum Gasteiger partial charge on any atom is -0.456 e. The number of fused-ring (bicyclic) bond motifs is 7. The Hall–Kier alpha value is -4.83. The first-order chi connectivity index (χ1) is 17.3. The van der Waals surface area contributed by atoms with Gasteiger partial charge >= 0.3 is 0 Å². The molecular weight excluding hydrogens is 432 g/mol. The molecule has 164 valence electrons. The van der Waals surface area contributed by atoms with Crippen LogP contribution in [-0.2, 0) is 0 Å². The molecule has 0 amide bonds. The Morgan fingerprint density at radius 1 is 0.543 bits per heavy atom. The van der Waals surface area contributed by atoms with Crippen molar-refractivity contribution in [3.05, 3.63) is 109 Å². The standard InChI is InChI=1S/C31H18N2O2/c1-4-12-25-20(8-1)21-9-2-5-13-26(21)33(25)19-16-17-27-23(18-19)30-22(10-7-15-29(30)34-27)31-32-24-11-3-6-14-28(24)35-31/h1-18H. The quantitative estimate of drug-likeness (QED) is 0.265. The van der Waals surface area contributed by atoms with Crippen molar-refractivity contribution in [2.45, 2.75) is 0 Å². The van der Waals surface area contributed by atoms with Crippen molar-refractivity contribution in [3.8, 4) is 17.1 Å². The number of hydrogen-bond donors (Lipinski definition) is 0. The lowest BCUT2D eigenvalue weighted by atomic mass is 10.1. The summed E-state index contributed by atoms with van der Waals surface area (Å²) in [6.07, 6.45) is 0. The van der Waals surface area contributed by atoms with Crippen LogP contribution in [0.1, 0.15) is 0 Å². The second-order valence-electron chi connectivity index (χ2n) is 8.82. The predicted molar refractivity (Wildman–Crippen MR) is 141 cm³/mol. The molecule has 8 rings (SSSR count). The number of benzene rings is 5. The summed E-state index contributed by atoms with van der Waals surface area (Å²) in [7, 11) is 0. The van der Waals surface area contributed by atoms with Crippen LogP contribution in [0.25, 0.3) is 72.0 Å². The van der Waals surface area contributed by atoms with Crippen molar-refractivity contribution in [2.75, 3.05) is 0 Å². The highest BCUT2D eigenvalue weighted by Gasteiger charge is 2.18. The molecule has 35 heavy (non-hydrogen) atoms. The molecule has 0 atom stereocenters. The van der Waals surface area contributed by atoms with Crippen molar-refractivity contribution in [1.82, 2.24) is 9.55 Å². The molecule has 0 aliphatic rings. The van der Waals surface area contributed by atoms with Gasteiger partial charge < -0.3 is 13.4 Å². The first-order valence-electron chi connectivity index (χ1n) is 11.6. The Bertz CT molecular complexity index is 1990. The normalized spacial score (nSPS) is 12.0. The van der Waals surface area contributed by atoms with E-state index in [2.05, 4.69) is 77.4 Å². The number of oxazole rings is 1. The van der Waals surface area contributed by atoms with Crippen molar-refractivity contribution in [1.29, 1.82) is 0 Å². The first-order valence-corrected chi connectivity index (χ1v) is 11.6. The molecule has 3 heterocycles. The molecule has 0 unspecified atom stereocenters. The van der Waals surface area contributed by atoms with E-state index in [0.29, 0.717) is 5.89 Å². The zero-order chi connectivity index (χ0) is 22.9. The number of nitrogens with zero attached hydrogens (tertiary/aromatic N) is 2. The fourth-order valence-corrected chi connectivity index (χ4v) is 5.32. The minimum absolute atomic E-state index is 0.599. The van der Waals surface area contributed by atoms with E-state index in [4.69, 9.17) is 13.8 Å². The summed E-state index contributed by atoms with van der Waals surface area (Å²) in [5.41, 5.74) is 7.66. The van der Waals surface area contributed by atoms with Crippen LogP contribution in [0.15, 0.2) is 118 Å². The number of furan rings is 1. The maximum Gasteiger partial charge on any atom is 0.228 e. The van der Waals surface area contributed by atoms with E-state index in [1.807, 2.05) is 36.4 Å². The smallest absolute Gasteiger partial charge is 0.228 e. The van der Waals surface area contributed by atoms with Gasteiger partial charge in [-0.15, -0.1) is 0 Å². The van der Waals surface area contributed by atoms with Crippen LogP contribution < -0.4 is 0 Å². The topological polar surface area (TPSA) is 44.1 Å². The molecule has 4 heteroatoms. The molecule has 0 saturated heterocycles. The van der Waals surface area contributed by atoms with Gasteiger partial charge in [-0.2, -0.15) is 0 Å². The van der Waals surface area contributed by atoms with Crippen molar-refractivity contribution >= 4 is 54.8 Å². The van der Waals surface area contributed by atoms with Gasteiger partial charge in [-0.05, 0) is 54.6 Å². The molecule has 0 fully saturated rings. The van der Waals surface area contributed by atoms with Crippen LogP contribution >= 0.6 is 0 Å². The van der Waals surface area contributed by atoms with Crippen molar-refractivity contribution in [3.63, 3.8) is 0 Å². The van der Waals surface area contributed by atoms with E-state index in [-0.39, 0.29) is 0 Å². The van der Waals surface area contributed by atoms with Gasteiger partial charge in [-0.1, -0.05) is 54.6 Å². The third-order valence-electron chi connectivity index (χ3n) is 6.84. The monoisotopic (exact) mass is 450 g/mol. The molecule has 0 radical (unpaired) electrons. The average molecular weight is 450 g/mol. The van der Waals surface area contributed by atoms with Gasteiger partial charge in [0.25, 0.3) is 0 Å². The summed E-state index contributed by atoms with van der Waals surface area (Å²) < 4.78 is 14.7. The van der Waals surface area contributed by atoms with Gasteiger partial charge in [0.15, 0.2) is 5.58 Å². The van der Waals surface area contributed by atoms with Crippen LogP contribution in [0, 0.1) is 0 Å². The van der Waals surface area contributed by atoms with E-state index in [1.54, 1.807) is 0 Å². The molecule has 0 bridgehead atoms. The Kier molecular flexibility index (Phi) is 3.63. The summed E-state index contributed by atoms with van der Waals surface area (Å²) in [6.45, 7) is 0. The summed E-state index contributed by atoms with van der Waals surface area (Å²) in [4.78, 5) is 4.76. The second-order valence-corrected chi connectivity index (χ2v) is 8.82. The van der Waals surface area contributed by atoms with Gasteiger partial charge in [-0.25, -0.2) is 4.98 Å². The molecule has 4 nitrogen and oxygen atoms in total. The fourth-order valence-electron chi connectivity index (χ4n) is 5.32. The minimum atomic E-state index is 0.599. The van der Waals surface area contributed by atoms with Gasteiger partial charge in [0, 0.05) is 32.8 Å². The van der Waals surface area contributed by atoms with E-state index in [1.165, 1.54) is 21.8 Å². The molecule has 8 aromatic rings. The van der Waals surface area contributed by atoms with Crippen molar-refractivity contribution < 1.29 is 8.83 Å². The molecule has 0 saturated carbocycles. The highest BCUT2D eigenvalue weighted by molar-refractivity contribution is 6.13. The predicted octanol–water partition coefficient (Wildman–Crippen LogP) is 8.49. The highest BCUT2D eigenvalue weighted by Crippen LogP contribution is 2.39. The third kappa shape index (κ3) is 2.59. The van der Waals surface area contributed by atoms with E-state index in [9.17, 15) is 0 Å². The van der Waals surface area contributed by atoms with Crippen LogP contribution in [0.2, 0.25) is 0 Å². The fraction of sp³-hybridized carbons (Fsp3) is 0. The Balaban J connectivity index is 1.44. The van der Waals surface area contributed by atoms with Gasteiger partial charge in [0.1, 0.15) is 16.7 Å². The van der Waals surface area contributed by atoms with Crippen LogP contribution in [0.5, 0.6) is 0 Å². The summed E-state index contributed by atoms with van der Waals surface area (Å²) >= 11 is 0. The number of para-hydroxylation sites is 4. The average Bonchev–Trinajstić information content (AvgIpc) is 3.59. The zero-order valence-corrected chi connectivity index (χ0v) is 18.6. The van der Waals surface area contributed by atoms with Crippen LogP contribution in [-0.4, -0.2) is 9.55 Å². The molecule has 5 aromatic carbocycles. The lowest BCUT2D eigenvalue weighted by Gasteiger charge is -2.08. The number of aromatic nitrogens is 2. The zero-order valence-electron chi connectivity index (χ0n) is 18.6. The van der Waals surface area contributed by atoms with Crippen LogP contribution in [0.3, 0.4) is 0 Å². The van der Waals surface area contributed by atoms with Gasteiger partial charge in [0.05, 0.1) is 11.0 Å². The maximum absolute atomic E-state index is 6.26. The van der Waals surface area contributed by atoms with E-state index >= 15 is 0 Å². The summed E-state index contributed by atoms with van der Waals surface area (Å²) in [6, 6.07) is 37.4. The van der Waals surface area contributed by atoms with E-state index < -0.39 is 0 Å². The molecule has 0 aliphatic heterocycles. The number of hydrogen-bond acceptors (Lipinski definition) is 3. The lowest BCUT2D eigenvalue weighted by Crippen LogP contribution is -1.93. The van der Waals surface area contributed by atoms with Gasteiger partial charge in [0.2, 0.25) is 5.89 Å². The largest absolute Gasteiger partial charge is 0.456 e. The van der Waals surface area contributed by atoms with Crippen LogP contribution in [0.4, 0.5) is 0 Å². The Morgan fingerprint density at radius 3 is 2.06 bits per heavy atom. The molecule has 0 spiro atoms. The molecule has 0 N–H and O–H groups in total. The Morgan fingerprint density at radius 2 is 1.26 bits per heavy atom. The SMILES string of the molecule is c1ccc2oc(-c3cccc4oc5ccc(-n6c7ccccc7c7ccccc76)cc5c34)nc2c1. The third-order valence-corrected chi connectivity index (χ3v) is 6.84. The highest BCUT2D eigenvalue weighted by atomic mass is 16.3. The first kappa shape index (κ1) is 18.6. The summed E-state index contributed by atoms with van der Waals surface area (Å²) in [5.74, 6) is 0.599. The molecular formula is C31H18N2O2. The second kappa shape index (κ2) is 6.84. The Labute approximate surface area is 199 Å². The molecule has 0 aliphatic carbocycles. The van der Waals surface area contributed by atoms with Gasteiger partial charge in [-0.3, -0.25) is 0 Å². The molecule has 3 aromatic heterocycles.